The highest BCUT2D eigenvalue weighted by molar-refractivity contribution is 5.83. The van der Waals surface area contributed by atoms with Gasteiger partial charge in [0.25, 0.3) is 0 Å². The molecule has 0 spiro atoms. The molecule has 1 heterocycles. The second-order valence-corrected chi connectivity index (χ2v) is 6.39. The van der Waals surface area contributed by atoms with Crippen LogP contribution in [0.25, 0.3) is 0 Å². The number of likely N-dealkylation sites (tertiary alicyclic amines) is 1. The van der Waals surface area contributed by atoms with Gasteiger partial charge in [-0.05, 0) is 45.1 Å². The third-order valence-electron chi connectivity index (χ3n) is 5.08. The summed E-state index contributed by atoms with van der Waals surface area (Å²) in [5, 5.41) is 3.58. The van der Waals surface area contributed by atoms with Crippen LogP contribution in [-0.4, -0.2) is 36.5 Å². The van der Waals surface area contributed by atoms with E-state index in [9.17, 15) is 4.79 Å². The van der Waals surface area contributed by atoms with E-state index in [4.69, 9.17) is 0 Å². The number of carbonyl (C=O) groups is 1. The first-order chi connectivity index (χ1) is 9.22. The van der Waals surface area contributed by atoms with Gasteiger partial charge >= 0.3 is 0 Å². The Bertz CT molecular complexity index is 297. The van der Waals surface area contributed by atoms with Gasteiger partial charge < -0.3 is 10.2 Å². The lowest BCUT2D eigenvalue weighted by molar-refractivity contribution is -0.143. The summed E-state index contributed by atoms with van der Waals surface area (Å²) in [5.74, 6) is 0.454. The fourth-order valence-corrected chi connectivity index (χ4v) is 3.78. The number of piperidine rings is 1. The number of rotatable bonds is 5. The summed E-state index contributed by atoms with van der Waals surface area (Å²) < 4.78 is 0. The molecule has 0 radical (unpaired) electrons. The zero-order valence-corrected chi connectivity index (χ0v) is 12.7. The first-order valence-corrected chi connectivity index (χ1v) is 8.24. The van der Waals surface area contributed by atoms with Crippen LogP contribution in [0.1, 0.15) is 65.2 Å². The molecule has 3 heteroatoms. The predicted octanol–water partition coefficient (Wildman–Crippen LogP) is 2.95. The molecule has 1 aliphatic heterocycles. The minimum absolute atomic E-state index is 0.00730. The van der Waals surface area contributed by atoms with Crippen molar-refractivity contribution in [3.05, 3.63) is 0 Å². The van der Waals surface area contributed by atoms with Crippen LogP contribution in [0.5, 0.6) is 0 Å². The molecule has 1 amide bonds. The molecular weight excluding hydrogens is 236 g/mol. The molecule has 1 atom stereocenters. The Kier molecular flexibility index (Phi) is 5.26. The molecule has 3 nitrogen and oxygen atoms in total. The van der Waals surface area contributed by atoms with E-state index < -0.39 is 0 Å². The highest BCUT2D eigenvalue weighted by Gasteiger charge is 2.42. The van der Waals surface area contributed by atoms with Crippen molar-refractivity contribution in [1.82, 2.24) is 10.2 Å². The zero-order chi connectivity index (χ0) is 13.7. The first-order valence-electron chi connectivity index (χ1n) is 8.24. The van der Waals surface area contributed by atoms with Gasteiger partial charge in [-0.2, -0.15) is 0 Å². The molecule has 1 saturated heterocycles. The zero-order valence-electron chi connectivity index (χ0n) is 12.7. The molecule has 1 unspecified atom stereocenters. The van der Waals surface area contributed by atoms with Gasteiger partial charge in [0.05, 0.1) is 0 Å². The molecule has 0 bridgehead atoms. The Balaban J connectivity index is 1.94. The summed E-state index contributed by atoms with van der Waals surface area (Å²) in [4.78, 5) is 15.0. The van der Waals surface area contributed by atoms with E-state index in [-0.39, 0.29) is 5.41 Å². The molecule has 2 rings (SSSR count). The predicted molar refractivity (Wildman–Crippen MR) is 79.1 cm³/mol. The quantitative estimate of drug-likeness (QED) is 0.830. The van der Waals surface area contributed by atoms with E-state index in [1.807, 2.05) is 0 Å². The van der Waals surface area contributed by atoms with E-state index in [1.165, 1.54) is 25.7 Å². The van der Waals surface area contributed by atoms with Gasteiger partial charge in [-0.15, -0.1) is 0 Å². The summed E-state index contributed by atoms with van der Waals surface area (Å²) in [6.45, 7) is 7.38. The van der Waals surface area contributed by atoms with Gasteiger partial charge in [0.15, 0.2) is 0 Å². The SMILES string of the molecule is CCCNC1CCCN(C(=O)C2(CC)CCCC2)C1. The smallest absolute Gasteiger partial charge is 0.228 e. The van der Waals surface area contributed by atoms with Crippen molar-refractivity contribution in [3.63, 3.8) is 0 Å². The minimum atomic E-state index is -0.00730. The molecule has 1 aliphatic carbocycles. The molecule has 0 aromatic rings. The summed E-state index contributed by atoms with van der Waals surface area (Å²) in [7, 11) is 0. The largest absolute Gasteiger partial charge is 0.341 e. The standard InChI is InChI=1S/C16H30N2O/c1-3-11-17-14-8-7-12-18(13-14)15(19)16(4-2)9-5-6-10-16/h14,17H,3-13H2,1-2H3. The van der Waals surface area contributed by atoms with Crippen LogP contribution in [0.2, 0.25) is 0 Å². The maximum Gasteiger partial charge on any atom is 0.228 e. The Hall–Kier alpha value is -0.570. The number of nitrogens with zero attached hydrogens (tertiary/aromatic N) is 1. The number of hydrogen-bond donors (Lipinski definition) is 1. The van der Waals surface area contributed by atoms with Crippen molar-refractivity contribution in [2.45, 2.75) is 71.3 Å². The fourth-order valence-electron chi connectivity index (χ4n) is 3.78. The highest BCUT2D eigenvalue weighted by atomic mass is 16.2. The Morgan fingerprint density at radius 1 is 1.26 bits per heavy atom. The van der Waals surface area contributed by atoms with Gasteiger partial charge in [0, 0.05) is 24.5 Å². The van der Waals surface area contributed by atoms with Crippen LogP contribution in [0.4, 0.5) is 0 Å². The fraction of sp³-hybridized carbons (Fsp3) is 0.938. The van der Waals surface area contributed by atoms with E-state index in [2.05, 4.69) is 24.1 Å². The van der Waals surface area contributed by atoms with Crippen molar-refractivity contribution in [2.75, 3.05) is 19.6 Å². The lowest BCUT2D eigenvalue weighted by atomic mass is 9.81. The van der Waals surface area contributed by atoms with Crippen LogP contribution < -0.4 is 5.32 Å². The molecule has 110 valence electrons. The molecular formula is C16H30N2O. The molecule has 1 saturated carbocycles. The molecule has 2 aliphatic rings. The minimum Gasteiger partial charge on any atom is -0.341 e. The Labute approximate surface area is 118 Å². The number of amides is 1. The van der Waals surface area contributed by atoms with Crippen molar-refractivity contribution in [3.8, 4) is 0 Å². The van der Waals surface area contributed by atoms with E-state index in [1.54, 1.807) is 0 Å². The van der Waals surface area contributed by atoms with Gasteiger partial charge in [-0.3, -0.25) is 4.79 Å². The Morgan fingerprint density at radius 2 is 2.00 bits per heavy atom. The van der Waals surface area contributed by atoms with Crippen molar-refractivity contribution in [2.24, 2.45) is 5.41 Å². The molecule has 0 aromatic heterocycles. The number of nitrogens with one attached hydrogen (secondary N) is 1. The number of carbonyl (C=O) groups excluding carboxylic acids is 1. The average Bonchev–Trinajstić information content (AvgIpc) is 2.94. The molecule has 1 N–H and O–H groups in total. The van der Waals surface area contributed by atoms with Crippen LogP contribution in [0.15, 0.2) is 0 Å². The molecule has 19 heavy (non-hydrogen) atoms. The van der Waals surface area contributed by atoms with Crippen LogP contribution in [-0.2, 0) is 4.79 Å². The maximum absolute atomic E-state index is 12.9. The average molecular weight is 266 g/mol. The van der Waals surface area contributed by atoms with Gasteiger partial charge in [-0.25, -0.2) is 0 Å². The number of hydrogen-bond acceptors (Lipinski definition) is 2. The van der Waals surface area contributed by atoms with Crippen LogP contribution in [0.3, 0.4) is 0 Å². The lowest BCUT2D eigenvalue weighted by Crippen LogP contribution is -2.52. The second kappa shape index (κ2) is 6.74. The lowest BCUT2D eigenvalue weighted by Gasteiger charge is -2.39. The van der Waals surface area contributed by atoms with Crippen LogP contribution in [0, 0.1) is 5.41 Å². The van der Waals surface area contributed by atoms with E-state index in [0.717, 1.165) is 45.3 Å². The normalized spacial score (nSPS) is 26.6. The van der Waals surface area contributed by atoms with E-state index in [0.29, 0.717) is 11.9 Å². The van der Waals surface area contributed by atoms with E-state index >= 15 is 0 Å². The molecule has 2 fully saturated rings. The third-order valence-corrected chi connectivity index (χ3v) is 5.08. The van der Waals surface area contributed by atoms with Crippen LogP contribution >= 0.6 is 0 Å². The monoisotopic (exact) mass is 266 g/mol. The summed E-state index contributed by atoms with van der Waals surface area (Å²) in [5.41, 5.74) is -0.00730. The first kappa shape index (κ1) is 14.8. The van der Waals surface area contributed by atoms with Crippen molar-refractivity contribution in [1.29, 1.82) is 0 Å². The highest BCUT2D eigenvalue weighted by Crippen LogP contribution is 2.42. The summed E-state index contributed by atoms with van der Waals surface area (Å²) in [6, 6.07) is 0.521. The van der Waals surface area contributed by atoms with Crippen molar-refractivity contribution >= 4 is 5.91 Å². The van der Waals surface area contributed by atoms with Gasteiger partial charge in [-0.1, -0.05) is 26.7 Å². The second-order valence-electron chi connectivity index (χ2n) is 6.39. The maximum atomic E-state index is 12.9. The van der Waals surface area contributed by atoms with Crippen molar-refractivity contribution < 1.29 is 4.79 Å². The van der Waals surface area contributed by atoms with Gasteiger partial charge in [0.1, 0.15) is 0 Å². The Morgan fingerprint density at radius 3 is 2.63 bits per heavy atom. The topological polar surface area (TPSA) is 32.3 Å². The third kappa shape index (κ3) is 3.31. The summed E-state index contributed by atoms with van der Waals surface area (Å²) in [6.07, 6.45) is 9.29. The summed E-state index contributed by atoms with van der Waals surface area (Å²) >= 11 is 0. The molecule has 0 aromatic carbocycles. The van der Waals surface area contributed by atoms with Gasteiger partial charge in [0.2, 0.25) is 5.91 Å².